The van der Waals surface area contributed by atoms with Crippen LogP contribution < -0.4 is 0 Å². The maximum absolute atomic E-state index is 5.30. The highest BCUT2D eigenvalue weighted by Gasteiger charge is 2.21. The van der Waals surface area contributed by atoms with E-state index in [2.05, 4.69) is 164 Å². The van der Waals surface area contributed by atoms with Crippen LogP contribution in [0.1, 0.15) is 56.2 Å². The van der Waals surface area contributed by atoms with Gasteiger partial charge in [-0.15, -0.1) is 0 Å². The summed E-state index contributed by atoms with van der Waals surface area (Å²) in [6.07, 6.45) is 0. The molecule has 2 aromatic heterocycles. The van der Waals surface area contributed by atoms with E-state index < -0.39 is 0 Å². The molecule has 3 heteroatoms. The fraction of sp³-hybridized carbons (Fsp3) is 0.167. The van der Waals surface area contributed by atoms with Crippen molar-refractivity contribution in [1.82, 2.24) is 14.1 Å². The number of benzene rings is 6. The van der Waals surface area contributed by atoms with Crippen molar-refractivity contribution in [2.24, 2.45) is 0 Å². The summed E-state index contributed by atoms with van der Waals surface area (Å²) in [6.45, 7) is 9.99. The van der Waals surface area contributed by atoms with Crippen molar-refractivity contribution >= 4 is 43.6 Å². The zero-order valence-corrected chi connectivity index (χ0v) is 26.3. The second-order valence-corrected chi connectivity index (χ2v) is 12.8. The number of para-hydroxylation sites is 3. The smallest absolute Gasteiger partial charge is 0.141 e. The van der Waals surface area contributed by atoms with Gasteiger partial charge in [-0.3, -0.25) is 0 Å². The zero-order valence-electron chi connectivity index (χ0n) is 26.3. The Morgan fingerprint density at radius 2 is 1.27 bits per heavy atom. The van der Waals surface area contributed by atoms with Crippen molar-refractivity contribution in [1.29, 1.82) is 0 Å². The normalized spacial score (nSPS) is 12.0. The number of aromatic nitrogens is 3. The van der Waals surface area contributed by atoms with Crippen molar-refractivity contribution in [3.63, 3.8) is 0 Å². The Hall–Kier alpha value is -5.15. The number of imidazole rings is 1. The monoisotopic (exact) mass is 583 g/mol. The molecule has 0 aliphatic heterocycles. The Kier molecular flexibility index (Phi) is 6.57. The molecule has 0 N–H and O–H groups in total. The molecule has 0 spiro atoms. The Bertz CT molecular complexity index is 2330. The van der Waals surface area contributed by atoms with Gasteiger partial charge in [0.05, 0.1) is 28.6 Å². The molecular formula is C42H37N3. The van der Waals surface area contributed by atoms with Gasteiger partial charge in [-0.1, -0.05) is 107 Å². The molecule has 0 saturated carbocycles. The number of fused-ring (bicyclic) bond motifs is 6. The van der Waals surface area contributed by atoms with Crippen LogP contribution in [0.4, 0.5) is 0 Å². The highest BCUT2D eigenvalue weighted by molar-refractivity contribution is 6.21. The lowest BCUT2D eigenvalue weighted by molar-refractivity contribution is 0.750. The van der Waals surface area contributed by atoms with Crippen LogP contribution in [0.5, 0.6) is 0 Å². The molecule has 45 heavy (non-hydrogen) atoms. The van der Waals surface area contributed by atoms with E-state index in [-0.39, 0.29) is 0 Å². The van der Waals surface area contributed by atoms with Crippen LogP contribution in [0.25, 0.3) is 60.7 Å². The van der Waals surface area contributed by atoms with Gasteiger partial charge in [-0.2, -0.15) is 0 Å². The van der Waals surface area contributed by atoms with Gasteiger partial charge in [0.25, 0.3) is 0 Å². The quantitative estimate of drug-likeness (QED) is 0.191. The second kappa shape index (κ2) is 10.8. The van der Waals surface area contributed by atoms with Crippen LogP contribution in [-0.4, -0.2) is 14.1 Å². The molecule has 0 radical (unpaired) electrons. The molecule has 0 aliphatic carbocycles. The minimum absolute atomic E-state index is 0.436. The molecule has 0 fully saturated rings. The van der Waals surface area contributed by atoms with Crippen molar-refractivity contribution in [3.8, 4) is 17.1 Å². The lowest BCUT2D eigenvalue weighted by Gasteiger charge is -2.21. The third kappa shape index (κ3) is 4.45. The first-order valence-corrected chi connectivity index (χ1v) is 16.1. The maximum atomic E-state index is 5.30. The topological polar surface area (TPSA) is 22.8 Å². The van der Waals surface area contributed by atoms with Crippen LogP contribution in [0.3, 0.4) is 0 Å². The van der Waals surface area contributed by atoms with Gasteiger partial charge in [-0.25, -0.2) is 4.98 Å². The van der Waals surface area contributed by atoms with Crippen molar-refractivity contribution < 1.29 is 0 Å². The number of hydrogen-bond acceptors (Lipinski definition) is 1. The standard InChI is InChI=1S/C42H37N3/c1-27(2)32-17-12-18-33(28(3)4)36(32)26-44-39-20-11-10-19-37(39)43-42(44)30-22-23-38-35(25-30)41-34-16-9-8-13-29(34)21-24-40(41)45(38)31-14-6-5-7-15-31/h5-25,27-28H,26H2,1-4H3. The Morgan fingerprint density at radius 1 is 0.578 bits per heavy atom. The van der Waals surface area contributed by atoms with Gasteiger partial charge in [0.1, 0.15) is 5.82 Å². The van der Waals surface area contributed by atoms with Gasteiger partial charge in [-0.05, 0) is 87.8 Å². The molecule has 3 nitrogen and oxygen atoms in total. The molecule has 0 bridgehead atoms. The van der Waals surface area contributed by atoms with Gasteiger partial charge < -0.3 is 9.13 Å². The Morgan fingerprint density at radius 3 is 2.04 bits per heavy atom. The molecule has 0 amide bonds. The molecule has 6 aromatic carbocycles. The van der Waals surface area contributed by atoms with Gasteiger partial charge in [0.15, 0.2) is 0 Å². The van der Waals surface area contributed by atoms with Crippen LogP contribution in [0.15, 0.2) is 127 Å². The van der Waals surface area contributed by atoms with E-state index in [0.29, 0.717) is 11.8 Å². The predicted octanol–water partition coefficient (Wildman–Crippen LogP) is 11.2. The third-order valence-corrected chi connectivity index (χ3v) is 9.39. The second-order valence-electron chi connectivity index (χ2n) is 12.8. The van der Waals surface area contributed by atoms with E-state index in [9.17, 15) is 0 Å². The molecule has 220 valence electrons. The van der Waals surface area contributed by atoms with Gasteiger partial charge in [0, 0.05) is 22.0 Å². The number of hydrogen-bond donors (Lipinski definition) is 0. The molecule has 0 aliphatic rings. The minimum atomic E-state index is 0.436. The highest BCUT2D eigenvalue weighted by Crippen LogP contribution is 2.39. The highest BCUT2D eigenvalue weighted by atomic mass is 15.1. The van der Waals surface area contributed by atoms with Crippen molar-refractivity contribution in [2.45, 2.75) is 46.1 Å². The summed E-state index contributed by atoms with van der Waals surface area (Å²) in [5, 5.41) is 5.05. The van der Waals surface area contributed by atoms with Crippen LogP contribution in [0.2, 0.25) is 0 Å². The summed E-state index contributed by atoms with van der Waals surface area (Å²) in [5.74, 6) is 1.88. The van der Waals surface area contributed by atoms with E-state index in [1.54, 1.807) is 0 Å². The van der Waals surface area contributed by atoms with Crippen LogP contribution >= 0.6 is 0 Å². The first-order chi connectivity index (χ1) is 22.0. The largest absolute Gasteiger partial charge is 0.319 e. The van der Waals surface area contributed by atoms with Crippen LogP contribution in [0, 0.1) is 0 Å². The first-order valence-electron chi connectivity index (χ1n) is 16.1. The summed E-state index contributed by atoms with van der Waals surface area (Å²) in [4.78, 5) is 5.30. The Labute approximate surface area is 264 Å². The van der Waals surface area contributed by atoms with E-state index in [4.69, 9.17) is 4.98 Å². The van der Waals surface area contributed by atoms with E-state index in [1.807, 2.05) is 0 Å². The van der Waals surface area contributed by atoms with E-state index in [1.165, 1.54) is 55.0 Å². The number of nitrogens with zero attached hydrogens (tertiary/aromatic N) is 3. The van der Waals surface area contributed by atoms with Crippen molar-refractivity contribution in [3.05, 3.63) is 144 Å². The van der Waals surface area contributed by atoms with Crippen molar-refractivity contribution in [2.75, 3.05) is 0 Å². The SMILES string of the molecule is CC(C)c1cccc(C(C)C)c1Cn1c(-c2ccc3c(c2)c2c4ccccc4ccc2n3-c2ccccc2)nc2ccccc21. The van der Waals surface area contributed by atoms with Gasteiger partial charge in [0.2, 0.25) is 0 Å². The molecule has 0 saturated heterocycles. The summed E-state index contributed by atoms with van der Waals surface area (Å²) in [5.41, 5.74) is 11.1. The molecule has 8 aromatic rings. The fourth-order valence-corrected chi connectivity index (χ4v) is 7.29. The Balaban J connectivity index is 1.41. The lowest BCUT2D eigenvalue weighted by Crippen LogP contribution is -2.10. The molecule has 0 unspecified atom stereocenters. The average Bonchev–Trinajstić information content (AvgIpc) is 3.60. The van der Waals surface area contributed by atoms with E-state index >= 15 is 0 Å². The predicted molar refractivity (Wildman–Crippen MR) is 191 cm³/mol. The molecule has 2 heterocycles. The molecule has 8 rings (SSSR count). The molecular weight excluding hydrogens is 546 g/mol. The number of rotatable bonds is 6. The summed E-state index contributed by atoms with van der Waals surface area (Å²) < 4.78 is 4.84. The zero-order chi connectivity index (χ0) is 30.7. The van der Waals surface area contributed by atoms with E-state index in [0.717, 1.165) is 29.0 Å². The van der Waals surface area contributed by atoms with Crippen LogP contribution in [-0.2, 0) is 6.54 Å². The third-order valence-electron chi connectivity index (χ3n) is 9.39. The maximum Gasteiger partial charge on any atom is 0.141 e. The molecule has 0 atom stereocenters. The summed E-state index contributed by atoms with van der Waals surface area (Å²) >= 11 is 0. The van der Waals surface area contributed by atoms with Gasteiger partial charge >= 0.3 is 0 Å². The minimum Gasteiger partial charge on any atom is -0.319 e. The fourth-order valence-electron chi connectivity index (χ4n) is 7.29. The lowest BCUT2D eigenvalue weighted by atomic mass is 9.88. The average molecular weight is 584 g/mol. The first kappa shape index (κ1) is 27.4. The summed E-state index contributed by atoms with van der Waals surface area (Å²) in [6, 6.07) is 46.3. The summed E-state index contributed by atoms with van der Waals surface area (Å²) in [7, 11) is 0.